The summed E-state index contributed by atoms with van der Waals surface area (Å²) in [5, 5.41) is 3.44. The van der Waals surface area contributed by atoms with E-state index in [9.17, 15) is 9.59 Å². The molecule has 1 aliphatic rings. The van der Waals surface area contributed by atoms with Gasteiger partial charge in [-0.1, -0.05) is 37.2 Å². The number of azide groups is 1. The lowest BCUT2D eigenvalue weighted by Gasteiger charge is -2.18. The van der Waals surface area contributed by atoms with E-state index < -0.39 is 0 Å². The molecule has 0 spiro atoms. The number of esters is 1. The number of ketones is 1. The Morgan fingerprint density at radius 3 is 2.85 bits per heavy atom. The molecule has 1 rings (SSSR count). The minimum absolute atomic E-state index is 0.0497. The molecule has 6 heteroatoms. The van der Waals surface area contributed by atoms with Gasteiger partial charge in [0.15, 0.2) is 5.78 Å². The van der Waals surface area contributed by atoms with Crippen LogP contribution in [0.25, 0.3) is 10.4 Å². The van der Waals surface area contributed by atoms with Crippen LogP contribution in [0.3, 0.4) is 0 Å². The van der Waals surface area contributed by atoms with Crippen LogP contribution < -0.4 is 0 Å². The summed E-state index contributed by atoms with van der Waals surface area (Å²) in [5.74, 6) is -0.184. The van der Waals surface area contributed by atoms with E-state index in [4.69, 9.17) is 10.3 Å². The van der Waals surface area contributed by atoms with E-state index in [1.165, 1.54) is 0 Å². The van der Waals surface area contributed by atoms with E-state index in [1.54, 1.807) is 6.08 Å². The van der Waals surface area contributed by atoms with Gasteiger partial charge in [-0.3, -0.25) is 9.59 Å². The average molecular weight is 359 g/mol. The van der Waals surface area contributed by atoms with Gasteiger partial charge in [0.2, 0.25) is 0 Å². The van der Waals surface area contributed by atoms with Crippen molar-refractivity contribution < 1.29 is 14.3 Å². The molecule has 0 N–H and O–H groups in total. The second-order valence-corrected chi connectivity index (χ2v) is 7.25. The van der Waals surface area contributed by atoms with Gasteiger partial charge in [-0.05, 0) is 67.2 Å². The zero-order chi connectivity index (χ0) is 19.4. The number of rotatable bonds is 7. The highest BCUT2D eigenvalue weighted by atomic mass is 16.5. The molecule has 0 bridgehead atoms. The number of unbranched alkanes of at least 4 members (excludes halogenated alkanes) is 1. The van der Waals surface area contributed by atoms with Gasteiger partial charge in [-0.2, -0.15) is 0 Å². The first-order chi connectivity index (χ1) is 12.3. The van der Waals surface area contributed by atoms with E-state index in [1.807, 2.05) is 19.1 Å². The Kier molecular flexibility index (Phi) is 9.45. The van der Waals surface area contributed by atoms with Crippen LogP contribution in [0.4, 0.5) is 0 Å². The predicted octanol–water partition coefficient (Wildman–Crippen LogP) is 5.22. The lowest BCUT2D eigenvalue weighted by Crippen LogP contribution is -2.10. The molecule has 0 unspecified atom stereocenters. The first kappa shape index (κ1) is 21.7. The molecule has 142 valence electrons. The standard InChI is InChI=1S/C20H29N3O3/c1-16-7-6-8-17(10-12-20(2,3)13-11-18(16)24)15-26-19(25)9-4-5-14-22-23-21/h7,10-11,13H,4-6,8-9,12,14-15H2,1-3H3/b13-11+,16-7+,17-10-. The highest BCUT2D eigenvalue weighted by Gasteiger charge is 2.15. The van der Waals surface area contributed by atoms with Crippen LogP contribution in [0.2, 0.25) is 0 Å². The Balaban J connectivity index is 2.59. The molecule has 26 heavy (non-hydrogen) atoms. The molecule has 0 aromatic rings. The van der Waals surface area contributed by atoms with Crippen LogP contribution in [0.1, 0.15) is 59.3 Å². The summed E-state index contributed by atoms with van der Waals surface area (Å²) in [5.41, 5.74) is 9.90. The van der Waals surface area contributed by atoms with Crippen LogP contribution in [-0.4, -0.2) is 24.9 Å². The summed E-state index contributed by atoms with van der Waals surface area (Å²) in [7, 11) is 0. The lowest BCUT2D eigenvalue weighted by atomic mass is 9.87. The van der Waals surface area contributed by atoms with Crippen LogP contribution in [0.5, 0.6) is 0 Å². The monoisotopic (exact) mass is 359 g/mol. The Labute approximate surface area is 155 Å². The maximum absolute atomic E-state index is 12.0. The van der Waals surface area contributed by atoms with Gasteiger partial charge in [0.05, 0.1) is 0 Å². The molecular weight excluding hydrogens is 330 g/mol. The number of carbonyl (C=O) groups excluding carboxylic acids is 2. The minimum Gasteiger partial charge on any atom is -0.461 e. The number of hydrogen-bond acceptors (Lipinski definition) is 4. The molecule has 0 aromatic carbocycles. The molecule has 0 aromatic heterocycles. The third-order valence-corrected chi connectivity index (χ3v) is 4.28. The quantitative estimate of drug-likeness (QED) is 0.156. The molecule has 0 atom stereocenters. The SMILES string of the molecule is C/C1=C\CC/C(COC(=O)CCCCN=[N+]=[N-])=C/CC(C)(C)/C=C/C1=O. The zero-order valence-corrected chi connectivity index (χ0v) is 16.0. The Bertz CT molecular complexity index is 639. The van der Waals surface area contributed by atoms with Gasteiger partial charge >= 0.3 is 5.97 Å². The van der Waals surface area contributed by atoms with Gasteiger partial charge in [-0.15, -0.1) is 0 Å². The van der Waals surface area contributed by atoms with Gasteiger partial charge < -0.3 is 4.74 Å². The summed E-state index contributed by atoms with van der Waals surface area (Å²) in [6.45, 7) is 6.68. The van der Waals surface area contributed by atoms with Crippen LogP contribution in [-0.2, 0) is 14.3 Å². The molecule has 1 aliphatic carbocycles. The van der Waals surface area contributed by atoms with Crippen molar-refractivity contribution in [3.8, 4) is 0 Å². The summed E-state index contributed by atoms with van der Waals surface area (Å²) < 4.78 is 5.39. The third-order valence-electron chi connectivity index (χ3n) is 4.28. The second-order valence-electron chi connectivity index (χ2n) is 7.25. The fourth-order valence-electron chi connectivity index (χ4n) is 2.46. The Hall–Kier alpha value is -2.33. The molecule has 0 saturated carbocycles. The zero-order valence-electron chi connectivity index (χ0n) is 16.0. The van der Waals surface area contributed by atoms with Gasteiger partial charge in [-0.25, -0.2) is 0 Å². The maximum atomic E-state index is 12.0. The van der Waals surface area contributed by atoms with Gasteiger partial charge in [0.25, 0.3) is 0 Å². The van der Waals surface area contributed by atoms with E-state index >= 15 is 0 Å². The predicted molar refractivity (Wildman–Crippen MR) is 102 cm³/mol. The van der Waals surface area contributed by atoms with Crippen molar-refractivity contribution in [3.63, 3.8) is 0 Å². The third kappa shape index (κ3) is 9.23. The highest BCUT2D eigenvalue weighted by Crippen LogP contribution is 2.25. The maximum Gasteiger partial charge on any atom is 0.306 e. The summed E-state index contributed by atoms with van der Waals surface area (Å²) >= 11 is 0. The first-order valence-corrected chi connectivity index (χ1v) is 9.09. The second kappa shape index (κ2) is 11.3. The molecular formula is C20H29N3O3. The Morgan fingerprint density at radius 2 is 2.12 bits per heavy atom. The Morgan fingerprint density at radius 1 is 1.35 bits per heavy atom. The van der Waals surface area contributed by atoms with E-state index in [2.05, 4.69) is 29.9 Å². The van der Waals surface area contributed by atoms with Crippen LogP contribution >= 0.6 is 0 Å². The average Bonchev–Trinajstić information content (AvgIpc) is 2.62. The minimum atomic E-state index is -0.234. The molecule has 0 fully saturated rings. The molecule has 0 heterocycles. The van der Waals surface area contributed by atoms with Crippen molar-refractivity contribution in [2.45, 2.75) is 59.3 Å². The van der Waals surface area contributed by atoms with Crippen molar-refractivity contribution in [2.75, 3.05) is 13.2 Å². The van der Waals surface area contributed by atoms with E-state index in [0.717, 1.165) is 30.4 Å². The van der Waals surface area contributed by atoms with E-state index in [-0.39, 0.29) is 23.8 Å². The van der Waals surface area contributed by atoms with Crippen molar-refractivity contribution in [1.29, 1.82) is 0 Å². The normalized spacial score (nSPS) is 22.7. The molecule has 0 amide bonds. The van der Waals surface area contributed by atoms with E-state index in [0.29, 0.717) is 25.8 Å². The van der Waals surface area contributed by atoms with Crippen molar-refractivity contribution in [1.82, 2.24) is 0 Å². The fraction of sp³-hybridized carbons (Fsp3) is 0.600. The van der Waals surface area contributed by atoms with Gasteiger partial charge in [0, 0.05) is 17.9 Å². The number of carbonyl (C=O) groups is 2. The highest BCUT2D eigenvalue weighted by molar-refractivity contribution is 6.03. The summed E-state index contributed by atoms with van der Waals surface area (Å²) in [4.78, 5) is 26.6. The smallest absolute Gasteiger partial charge is 0.306 e. The number of allylic oxidation sites excluding steroid dienone is 5. The molecule has 6 nitrogen and oxygen atoms in total. The molecule has 0 aliphatic heterocycles. The van der Waals surface area contributed by atoms with Gasteiger partial charge in [0.1, 0.15) is 6.61 Å². The number of nitrogens with zero attached hydrogens (tertiary/aromatic N) is 3. The largest absolute Gasteiger partial charge is 0.461 e. The number of hydrogen-bond donors (Lipinski definition) is 0. The lowest BCUT2D eigenvalue weighted by molar-refractivity contribution is -0.142. The van der Waals surface area contributed by atoms with Crippen molar-refractivity contribution in [2.24, 2.45) is 10.5 Å². The fourth-order valence-corrected chi connectivity index (χ4v) is 2.46. The molecule has 0 saturated heterocycles. The van der Waals surface area contributed by atoms with Crippen LogP contribution in [0.15, 0.2) is 40.6 Å². The van der Waals surface area contributed by atoms with Crippen molar-refractivity contribution in [3.05, 3.63) is 45.9 Å². The number of ether oxygens (including phenoxy) is 1. The van der Waals surface area contributed by atoms with Crippen molar-refractivity contribution >= 4 is 11.8 Å². The summed E-state index contributed by atoms with van der Waals surface area (Å²) in [6, 6.07) is 0. The first-order valence-electron chi connectivity index (χ1n) is 9.09. The topological polar surface area (TPSA) is 92.1 Å². The summed E-state index contributed by atoms with van der Waals surface area (Å²) in [6.07, 6.45) is 11.6. The van der Waals surface area contributed by atoms with Crippen LogP contribution in [0, 0.1) is 5.41 Å². The molecule has 0 radical (unpaired) electrons.